The molecule has 84 valence electrons. The standard InChI is InChI=1S/C13H10BrN3/c14-10-5-6-12-16-13(15)11-4-2-1-3-9(11)7-17(12)8-10/h1-6,8,15H,7H2. The molecule has 0 atom stereocenters. The number of nitrogens with one attached hydrogen (secondary N) is 1. The molecular weight excluding hydrogens is 278 g/mol. The largest absolute Gasteiger partial charge is 0.327 e. The molecule has 3 nitrogen and oxygen atoms in total. The van der Waals surface area contributed by atoms with Gasteiger partial charge in [-0.3, -0.25) is 5.41 Å². The lowest BCUT2D eigenvalue weighted by Gasteiger charge is -2.21. The molecule has 0 spiro atoms. The quantitative estimate of drug-likeness (QED) is 0.783. The lowest BCUT2D eigenvalue weighted by atomic mass is 10.1. The van der Waals surface area contributed by atoms with E-state index in [1.807, 2.05) is 47.5 Å². The summed E-state index contributed by atoms with van der Waals surface area (Å²) >= 11 is 3.45. The van der Waals surface area contributed by atoms with Gasteiger partial charge in [-0.25, -0.2) is 4.99 Å². The van der Waals surface area contributed by atoms with Gasteiger partial charge >= 0.3 is 0 Å². The van der Waals surface area contributed by atoms with E-state index in [2.05, 4.69) is 20.9 Å². The van der Waals surface area contributed by atoms with Crippen LogP contribution >= 0.6 is 15.9 Å². The first kappa shape index (κ1) is 10.5. The first-order chi connectivity index (χ1) is 8.24. The van der Waals surface area contributed by atoms with Gasteiger partial charge in [0.05, 0.1) is 0 Å². The lowest BCUT2D eigenvalue weighted by molar-refractivity contribution is 0.555. The fraction of sp³-hybridized carbons (Fsp3) is 0.0769. The van der Waals surface area contributed by atoms with E-state index in [-0.39, 0.29) is 0 Å². The summed E-state index contributed by atoms with van der Waals surface area (Å²) in [5.74, 6) is 1.14. The zero-order chi connectivity index (χ0) is 11.8. The second kappa shape index (κ2) is 3.96. The molecule has 0 fully saturated rings. The van der Waals surface area contributed by atoms with E-state index < -0.39 is 0 Å². The first-order valence-corrected chi connectivity index (χ1v) is 6.11. The van der Waals surface area contributed by atoms with Gasteiger partial charge in [0.2, 0.25) is 0 Å². The number of hydrogen-bond donors (Lipinski definition) is 1. The maximum atomic E-state index is 8.00. The number of aliphatic imine (C=N–C) groups is 1. The number of hydrogen-bond acceptors (Lipinski definition) is 2. The van der Waals surface area contributed by atoms with E-state index in [9.17, 15) is 0 Å². The fourth-order valence-electron chi connectivity index (χ4n) is 1.98. The highest BCUT2D eigenvalue weighted by Crippen LogP contribution is 2.22. The molecule has 0 aliphatic carbocycles. The molecule has 0 aromatic heterocycles. The van der Waals surface area contributed by atoms with Gasteiger partial charge in [-0.2, -0.15) is 0 Å². The van der Waals surface area contributed by atoms with Crippen molar-refractivity contribution in [2.24, 2.45) is 4.99 Å². The van der Waals surface area contributed by atoms with Gasteiger partial charge in [0, 0.05) is 22.8 Å². The van der Waals surface area contributed by atoms with Crippen molar-refractivity contribution in [1.82, 2.24) is 4.90 Å². The minimum absolute atomic E-state index is 0.328. The van der Waals surface area contributed by atoms with E-state index in [0.29, 0.717) is 5.84 Å². The van der Waals surface area contributed by atoms with Crippen molar-refractivity contribution in [2.75, 3.05) is 0 Å². The highest BCUT2D eigenvalue weighted by atomic mass is 79.9. The molecule has 2 aliphatic rings. The highest BCUT2D eigenvalue weighted by Gasteiger charge is 2.19. The van der Waals surface area contributed by atoms with Crippen molar-refractivity contribution in [1.29, 1.82) is 5.41 Å². The summed E-state index contributed by atoms with van der Waals surface area (Å²) in [5, 5.41) is 8.00. The average Bonchev–Trinajstić information content (AvgIpc) is 2.46. The maximum Gasteiger partial charge on any atom is 0.154 e. The van der Waals surface area contributed by atoms with Crippen LogP contribution in [0, 0.1) is 5.41 Å². The average molecular weight is 288 g/mol. The summed E-state index contributed by atoms with van der Waals surface area (Å²) in [6, 6.07) is 7.93. The molecule has 17 heavy (non-hydrogen) atoms. The Hall–Kier alpha value is -1.68. The molecule has 0 radical (unpaired) electrons. The molecule has 4 heteroatoms. The molecule has 0 amide bonds. The molecule has 2 heterocycles. The van der Waals surface area contributed by atoms with Crippen LogP contribution in [0.5, 0.6) is 0 Å². The van der Waals surface area contributed by atoms with Crippen LogP contribution in [0.25, 0.3) is 0 Å². The van der Waals surface area contributed by atoms with Gasteiger partial charge in [-0.1, -0.05) is 24.3 Å². The van der Waals surface area contributed by atoms with Crippen LogP contribution in [0.4, 0.5) is 0 Å². The van der Waals surface area contributed by atoms with E-state index in [1.54, 1.807) is 0 Å². The third-order valence-corrected chi connectivity index (χ3v) is 3.27. The van der Waals surface area contributed by atoms with E-state index in [0.717, 1.165) is 28.0 Å². The van der Waals surface area contributed by atoms with Crippen LogP contribution in [-0.2, 0) is 6.54 Å². The Balaban J connectivity index is 2.12. The van der Waals surface area contributed by atoms with Crippen molar-refractivity contribution < 1.29 is 0 Å². The third kappa shape index (κ3) is 1.85. The Morgan fingerprint density at radius 3 is 2.94 bits per heavy atom. The molecule has 3 rings (SSSR count). The molecular formula is C13H10BrN3. The van der Waals surface area contributed by atoms with Gasteiger partial charge in [0.1, 0.15) is 5.84 Å². The van der Waals surface area contributed by atoms with Gasteiger partial charge in [-0.15, -0.1) is 0 Å². The Labute approximate surface area is 108 Å². The number of amidine groups is 2. The monoisotopic (exact) mass is 287 g/mol. The van der Waals surface area contributed by atoms with Crippen molar-refractivity contribution in [3.8, 4) is 0 Å². The van der Waals surface area contributed by atoms with Crippen molar-refractivity contribution in [3.63, 3.8) is 0 Å². The van der Waals surface area contributed by atoms with Crippen molar-refractivity contribution in [2.45, 2.75) is 6.54 Å². The summed E-state index contributed by atoms with van der Waals surface area (Å²) in [7, 11) is 0. The van der Waals surface area contributed by atoms with Gasteiger partial charge < -0.3 is 4.90 Å². The number of nitrogens with zero attached hydrogens (tertiary/aromatic N) is 2. The molecule has 2 aliphatic heterocycles. The smallest absolute Gasteiger partial charge is 0.154 e. The normalized spacial score (nSPS) is 17.9. The molecule has 1 aromatic rings. The second-order valence-electron chi connectivity index (χ2n) is 3.95. The minimum atomic E-state index is 0.328. The van der Waals surface area contributed by atoms with Gasteiger partial charge in [0.15, 0.2) is 5.84 Å². The van der Waals surface area contributed by atoms with Gasteiger partial charge in [0.25, 0.3) is 0 Å². The third-order valence-electron chi connectivity index (χ3n) is 2.80. The maximum absolute atomic E-state index is 8.00. The molecule has 0 saturated carbocycles. The molecule has 0 bridgehead atoms. The minimum Gasteiger partial charge on any atom is -0.327 e. The first-order valence-electron chi connectivity index (χ1n) is 5.31. The Bertz CT molecular complexity index is 584. The lowest BCUT2D eigenvalue weighted by Crippen LogP contribution is -2.24. The number of fused-ring (bicyclic) bond motifs is 2. The zero-order valence-corrected chi connectivity index (χ0v) is 10.6. The Morgan fingerprint density at radius 1 is 1.24 bits per heavy atom. The van der Waals surface area contributed by atoms with Crippen LogP contribution < -0.4 is 0 Å². The number of benzene rings is 1. The number of allylic oxidation sites excluding steroid dienone is 2. The second-order valence-corrected chi connectivity index (χ2v) is 4.87. The zero-order valence-electron chi connectivity index (χ0n) is 9.02. The van der Waals surface area contributed by atoms with E-state index in [1.165, 1.54) is 0 Å². The fourth-order valence-corrected chi connectivity index (χ4v) is 2.36. The molecule has 1 N–H and O–H groups in total. The molecule has 0 saturated heterocycles. The highest BCUT2D eigenvalue weighted by molar-refractivity contribution is 9.11. The summed E-state index contributed by atoms with van der Waals surface area (Å²) in [6.45, 7) is 0.747. The number of halogens is 1. The van der Waals surface area contributed by atoms with Crippen LogP contribution in [0.15, 0.2) is 52.1 Å². The Kier molecular flexibility index (Phi) is 2.44. The topological polar surface area (TPSA) is 39.5 Å². The summed E-state index contributed by atoms with van der Waals surface area (Å²) < 4.78 is 1.02. The van der Waals surface area contributed by atoms with Crippen molar-refractivity contribution in [3.05, 3.63) is 58.2 Å². The number of rotatable bonds is 0. The van der Waals surface area contributed by atoms with Crippen LogP contribution in [-0.4, -0.2) is 16.6 Å². The van der Waals surface area contributed by atoms with Crippen LogP contribution in [0.2, 0.25) is 0 Å². The van der Waals surface area contributed by atoms with Crippen LogP contribution in [0.3, 0.4) is 0 Å². The summed E-state index contributed by atoms with van der Waals surface area (Å²) in [4.78, 5) is 6.39. The van der Waals surface area contributed by atoms with Crippen molar-refractivity contribution >= 4 is 27.6 Å². The molecule has 0 unspecified atom stereocenters. The molecule has 1 aromatic carbocycles. The SMILES string of the molecule is N=C1N=C2C=CC(Br)=CN2Cc2ccccc21. The summed E-state index contributed by atoms with van der Waals surface area (Å²) in [6.07, 6.45) is 5.86. The van der Waals surface area contributed by atoms with E-state index in [4.69, 9.17) is 5.41 Å². The Morgan fingerprint density at radius 2 is 2.06 bits per heavy atom. The predicted molar refractivity (Wildman–Crippen MR) is 72.4 cm³/mol. The van der Waals surface area contributed by atoms with Crippen LogP contribution in [0.1, 0.15) is 11.1 Å². The van der Waals surface area contributed by atoms with E-state index >= 15 is 0 Å². The van der Waals surface area contributed by atoms with Gasteiger partial charge in [-0.05, 0) is 33.6 Å². The predicted octanol–water partition coefficient (Wildman–Crippen LogP) is 3.03. The summed E-state index contributed by atoms with van der Waals surface area (Å²) in [5.41, 5.74) is 2.04.